The van der Waals surface area contributed by atoms with Gasteiger partial charge in [0, 0.05) is 16.6 Å². The average molecular weight is 394 g/mol. The zero-order chi connectivity index (χ0) is 19.9. The van der Waals surface area contributed by atoms with Crippen molar-refractivity contribution in [3.05, 3.63) is 70.7 Å². The van der Waals surface area contributed by atoms with Crippen LogP contribution in [0.25, 0.3) is 10.6 Å². The Labute approximate surface area is 168 Å². The number of hydrogen-bond donors (Lipinski definition) is 1. The van der Waals surface area contributed by atoms with Gasteiger partial charge in [-0.05, 0) is 37.1 Å². The number of nitrogens with one attached hydrogen (secondary N) is 1. The van der Waals surface area contributed by atoms with Crippen molar-refractivity contribution in [3.8, 4) is 10.6 Å². The Kier molecular flexibility index (Phi) is 6.55. The van der Waals surface area contributed by atoms with Crippen LogP contribution in [0.4, 0.5) is 5.69 Å². The summed E-state index contributed by atoms with van der Waals surface area (Å²) in [5.74, 6) is -0.839. The molecule has 0 bridgehead atoms. The molecule has 5 nitrogen and oxygen atoms in total. The molecule has 0 aliphatic carbocycles. The summed E-state index contributed by atoms with van der Waals surface area (Å²) in [6.45, 7) is 3.78. The SMILES string of the molecule is CCc1ccc(NC(=O)COC(=O)Cc2csc(-c3cccc(C)c3)n2)cc1. The Morgan fingerprint density at radius 3 is 2.64 bits per heavy atom. The maximum atomic E-state index is 12.0. The molecule has 6 heteroatoms. The van der Waals surface area contributed by atoms with Crippen LogP contribution in [0.15, 0.2) is 53.9 Å². The third kappa shape index (κ3) is 5.50. The number of benzene rings is 2. The highest BCUT2D eigenvalue weighted by molar-refractivity contribution is 7.13. The van der Waals surface area contributed by atoms with Crippen LogP contribution in [0.5, 0.6) is 0 Å². The molecular formula is C22H22N2O3S. The smallest absolute Gasteiger partial charge is 0.312 e. The molecule has 0 unspecified atom stereocenters. The van der Waals surface area contributed by atoms with E-state index in [0.29, 0.717) is 11.4 Å². The molecule has 0 aliphatic rings. The number of hydrogen-bond acceptors (Lipinski definition) is 5. The molecule has 0 fully saturated rings. The van der Waals surface area contributed by atoms with Crippen molar-refractivity contribution < 1.29 is 14.3 Å². The fourth-order valence-corrected chi connectivity index (χ4v) is 3.48. The minimum atomic E-state index is -0.474. The van der Waals surface area contributed by atoms with E-state index in [9.17, 15) is 9.59 Å². The Morgan fingerprint density at radius 2 is 1.93 bits per heavy atom. The molecule has 1 N–H and O–H groups in total. The third-order valence-electron chi connectivity index (χ3n) is 4.15. The molecule has 0 spiro atoms. The minimum absolute atomic E-state index is 0.0425. The number of ether oxygens (including phenoxy) is 1. The van der Waals surface area contributed by atoms with Gasteiger partial charge in [-0.15, -0.1) is 11.3 Å². The van der Waals surface area contributed by atoms with E-state index >= 15 is 0 Å². The minimum Gasteiger partial charge on any atom is -0.455 e. The van der Waals surface area contributed by atoms with E-state index in [0.717, 1.165) is 22.6 Å². The third-order valence-corrected chi connectivity index (χ3v) is 5.09. The molecule has 3 rings (SSSR count). The number of aryl methyl sites for hydroxylation is 2. The lowest BCUT2D eigenvalue weighted by Crippen LogP contribution is -2.21. The van der Waals surface area contributed by atoms with Crippen LogP contribution >= 0.6 is 11.3 Å². The van der Waals surface area contributed by atoms with Gasteiger partial charge in [0.1, 0.15) is 5.01 Å². The summed E-state index contributed by atoms with van der Waals surface area (Å²) in [6.07, 6.45) is 0.981. The molecule has 1 aromatic heterocycles. The second kappa shape index (κ2) is 9.28. The fourth-order valence-electron chi connectivity index (χ4n) is 2.66. The van der Waals surface area contributed by atoms with Crippen LogP contribution in [0.3, 0.4) is 0 Å². The van der Waals surface area contributed by atoms with Crippen LogP contribution in [0.2, 0.25) is 0 Å². The predicted molar refractivity (Wildman–Crippen MR) is 111 cm³/mol. The van der Waals surface area contributed by atoms with Crippen molar-refractivity contribution >= 4 is 28.9 Å². The fraction of sp³-hybridized carbons (Fsp3) is 0.227. The Morgan fingerprint density at radius 1 is 1.14 bits per heavy atom. The van der Waals surface area contributed by atoms with Gasteiger partial charge in [0.15, 0.2) is 6.61 Å². The van der Waals surface area contributed by atoms with Gasteiger partial charge in [0.05, 0.1) is 12.1 Å². The van der Waals surface area contributed by atoms with Crippen LogP contribution in [0, 0.1) is 6.92 Å². The number of aromatic nitrogens is 1. The molecule has 0 aliphatic heterocycles. The molecule has 0 radical (unpaired) electrons. The van der Waals surface area contributed by atoms with Crippen LogP contribution in [0.1, 0.15) is 23.7 Å². The van der Waals surface area contributed by atoms with Crippen LogP contribution < -0.4 is 5.32 Å². The van der Waals surface area contributed by atoms with Gasteiger partial charge in [0.25, 0.3) is 5.91 Å². The van der Waals surface area contributed by atoms with E-state index in [1.54, 1.807) is 0 Å². The number of amides is 1. The Hall–Kier alpha value is -2.99. The van der Waals surface area contributed by atoms with E-state index < -0.39 is 5.97 Å². The molecule has 28 heavy (non-hydrogen) atoms. The summed E-state index contributed by atoms with van der Waals surface area (Å²) < 4.78 is 5.07. The molecule has 0 saturated carbocycles. The monoisotopic (exact) mass is 394 g/mol. The number of nitrogens with zero attached hydrogens (tertiary/aromatic N) is 1. The molecule has 0 atom stereocenters. The highest BCUT2D eigenvalue weighted by Gasteiger charge is 2.12. The highest BCUT2D eigenvalue weighted by Crippen LogP contribution is 2.24. The Balaban J connectivity index is 1.48. The summed E-state index contributed by atoms with van der Waals surface area (Å²) in [6, 6.07) is 15.6. The number of anilines is 1. The number of esters is 1. The first-order valence-corrected chi connectivity index (χ1v) is 9.97. The maximum absolute atomic E-state index is 12.0. The Bertz CT molecular complexity index is 964. The second-order valence-corrected chi connectivity index (χ2v) is 7.31. The average Bonchev–Trinajstić information content (AvgIpc) is 3.15. The molecule has 0 saturated heterocycles. The normalized spacial score (nSPS) is 10.5. The van der Waals surface area contributed by atoms with Gasteiger partial charge in [0.2, 0.25) is 0 Å². The van der Waals surface area contributed by atoms with Gasteiger partial charge in [-0.2, -0.15) is 0 Å². The summed E-state index contributed by atoms with van der Waals surface area (Å²) in [5, 5.41) is 5.42. The topological polar surface area (TPSA) is 68.3 Å². The van der Waals surface area contributed by atoms with Crippen molar-refractivity contribution in [2.24, 2.45) is 0 Å². The summed E-state index contributed by atoms with van der Waals surface area (Å²) in [4.78, 5) is 28.4. The number of carbonyl (C=O) groups is 2. The van der Waals surface area contributed by atoms with Gasteiger partial charge in [-0.25, -0.2) is 4.98 Å². The standard InChI is InChI=1S/C22H22N2O3S/c1-3-16-7-9-18(10-8-16)23-20(25)13-27-21(26)12-19-14-28-22(24-19)17-6-4-5-15(2)11-17/h4-11,14H,3,12-13H2,1-2H3,(H,23,25). The van der Waals surface area contributed by atoms with Crippen molar-refractivity contribution in [1.82, 2.24) is 4.98 Å². The van der Waals surface area contributed by atoms with E-state index in [2.05, 4.69) is 23.3 Å². The molecular weight excluding hydrogens is 372 g/mol. The van der Waals surface area contributed by atoms with Crippen molar-refractivity contribution in [1.29, 1.82) is 0 Å². The first kappa shape index (κ1) is 19.8. The predicted octanol–water partition coefficient (Wildman–Crippen LogP) is 4.41. The number of thiazole rings is 1. The lowest BCUT2D eigenvalue weighted by molar-refractivity contribution is -0.146. The lowest BCUT2D eigenvalue weighted by atomic mass is 10.1. The van der Waals surface area contributed by atoms with Crippen molar-refractivity contribution in [2.75, 3.05) is 11.9 Å². The molecule has 1 heterocycles. The van der Waals surface area contributed by atoms with Gasteiger partial charge < -0.3 is 10.1 Å². The second-order valence-electron chi connectivity index (χ2n) is 6.45. The van der Waals surface area contributed by atoms with Crippen molar-refractivity contribution in [3.63, 3.8) is 0 Å². The van der Waals surface area contributed by atoms with Crippen LogP contribution in [-0.2, 0) is 27.2 Å². The van der Waals surface area contributed by atoms with E-state index in [1.807, 2.05) is 54.8 Å². The van der Waals surface area contributed by atoms with Gasteiger partial charge in [-0.3, -0.25) is 9.59 Å². The summed E-state index contributed by atoms with van der Waals surface area (Å²) in [5.41, 5.74) is 4.70. The summed E-state index contributed by atoms with van der Waals surface area (Å²) in [7, 11) is 0. The summed E-state index contributed by atoms with van der Waals surface area (Å²) >= 11 is 1.48. The largest absolute Gasteiger partial charge is 0.455 e. The zero-order valence-electron chi connectivity index (χ0n) is 15.9. The van der Waals surface area contributed by atoms with E-state index in [4.69, 9.17) is 4.74 Å². The number of rotatable bonds is 7. The van der Waals surface area contributed by atoms with Gasteiger partial charge >= 0.3 is 5.97 Å². The van der Waals surface area contributed by atoms with Gasteiger partial charge in [-0.1, -0.05) is 42.8 Å². The number of carbonyl (C=O) groups excluding carboxylic acids is 2. The maximum Gasteiger partial charge on any atom is 0.312 e. The van der Waals surface area contributed by atoms with Crippen molar-refractivity contribution in [2.45, 2.75) is 26.7 Å². The molecule has 3 aromatic rings. The first-order chi connectivity index (χ1) is 13.5. The quantitative estimate of drug-likeness (QED) is 0.603. The van der Waals surface area contributed by atoms with E-state index in [-0.39, 0.29) is 18.9 Å². The van der Waals surface area contributed by atoms with Crippen LogP contribution in [-0.4, -0.2) is 23.5 Å². The zero-order valence-corrected chi connectivity index (χ0v) is 16.7. The first-order valence-electron chi connectivity index (χ1n) is 9.09. The van der Waals surface area contributed by atoms with E-state index in [1.165, 1.54) is 16.9 Å². The molecule has 2 aromatic carbocycles. The molecule has 144 valence electrons. The highest BCUT2D eigenvalue weighted by atomic mass is 32.1. The lowest BCUT2D eigenvalue weighted by Gasteiger charge is -2.07. The molecule has 1 amide bonds.